The van der Waals surface area contributed by atoms with Gasteiger partial charge in [0, 0.05) is 24.9 Å². The van der Waals surface area contributed by atoms with E-state index in [1.807, 2.05) is 20.8 Å². The van der Waals surface area contributed by atoms with Crippen molar-refractivity contribution in [2.75, 3.05) is 13.1 Å². The van der Waals surface area contributed by atoms with Gasteiger partial charge in [-0.05, 0) is 12.3 Å². The number of nitrogens with one attached hydrogen (secondary N) is 2. The molecule has 1 fully saturated rings. The van der Waals surface area contributed by atoms with Crippen molar-refractivity contribution in [3.05, 3.63) is 0 Å². The first-order valence-electron chi connectivity index (χ1n) is 7.94. The molecular formula is C16H30N2O2. The van der Waals surface area contributed by atoms with Crippen LogP contribution < -0.4 is 10.6 Å². The largest absolute Gasteiger partial charge is 0.354 e. The Morgan fingerprint density at radius 1 is 1.00 bits per heavy atom. The Labute approximate surface area is 123 Å². The van der Waals surface area contributed by atoms with Crippen molar-refractivity contribution in [2.24, 2.45) is 11.3 Å². The number of carbonyl (C=O) groups is 2. The Balaban J connectivity index is 2.04. The molecule has 1 aliphatic rings. The maximum absolute atomic E-state index is 11.7. The zero-order chi connectivity index (χ0) is 15.0. The fraction of sp³-hybridized carbons (Fsp3) is 0.875. The normalized spacial score (nSPS) is 16.8. The van der Waals surface area contributed by atoms with Crippen molar-refractivity contribution in [1.29, 1.82) is 0 Å². The van der Waals surface area contributed by atoms with Crippen molar-refractivity contribution in [3.63, 3.8) is 0 Å². The Hall–Kier alpha value is -1.06. The van der Waals surface area contributed by atoms with Crippen LogP contribution in [0.4, 0.5) is 0 Å². The number of hydrogen-bond donors (Lipinski definition) is 2. The van der Waals surface area contributed by atoms with E-state index in [2.05, 4.69) is 10.6 Å². The standard InChI is InChI=1S/C16H30N2O2/c1-16(2,3)15(20)18-12-11-17-14(19)10-9-13-7-5-4-6-8-13/h13H,4-12H2,1-3H3,(H,17,19)(H,18,20). The van der Waals surface area contributed by atoms with E-state index in [9.17, 15) is 9.59 Å². The lowest BCUT2D eigenvalue weighted by Crippen LogP contribution is -2.39. The minimum atomic E-state index is -0.370. The summed E-state index contributed by atoms with van der Waals surface area (Å²) in [4.78, 5) is 23.3. The Kier molecular flexibility index (Phi) is 7.03. The van der Waals surface area contributed by atoms with Gasteiger partial charge in [0.05, 0.1) is 0 Å². The molecule has 0 bridgehead atoms. The molecule has 0 unspecified atom stereocenters. The van der Waals surface area contributed by atoms with E-state index in [0.29, 0.717) is 19.5 Å². The monoisotopic (exact) mass is 282 g/mol. The molecule has 20 heavy (non-hydrogen) atoms. The second-order valence-electron chi connectivity index (χ2n) is 6.90. The van der Waals surface area contributed by atoms with E-state index in [4.69, 9.17) is 0 Å². The second kappa shape index (κ2) is 8.28. The third-order valence-electron chi connectivity index (χ3n) is 3.92. The summed E-state index contributed by atoms with van der Waals surface area (Å²) < 4.78 is 0. The van der Waals surface area contributed by atoms with Gasteiger partial charge in [-0.2, -0.15) is 0 Å². The van der Waals surface area contributed by atoms with E-state index in [-0.39, 0.29) is 17.2 Å². The summed E-state index contributed by atoms with van der Waals surface area (Å²) in [6.07, 6.45) is 8.22. The SMILES string of the molecule is CC(C)(C)C(=O)NCCNC(=O)CCC1CCCCC1. The third kappa shape index (κ3) is 6.92. The molecule has 4 heteroatoms. The van der Waals surface area contributed by atoms with Gasteiger partial charge < -0.3 is 10.6 Å². The summed E-state index contributed by atoms with van der Waals surface area (Å²) >= 11 is 0. The van der Waals surface area contributed by atoms with Gasteiger partial charge in [0.1, 0.15) is 0 Å². The summed E-state index contributed by atoms with van der Waals surface area (Å²) in [5.74, 6) is 0.879. The smallest absolute Gasteiger partial charge is 0.225 e. The molecule has 4 nitrogen and oxygen atoms in total. The highest BCUT2D eigenvalue weighted by atomic mass is 16.2. The lowest BCUT2D eigenvalue weighted by atomic mass is 9.86. The number of carbonyl (C=O) groups excluding carboxylic acids is 2. The zero-order valence-corrected chi connectivity index (χ0v) is 13.3. The van der Waals surface area contributed by atoms with Crippen LogP contribution in [0.2, 0.25) is 0 Å². The molecule has 116 valence electrons. The maximum Gasteiger partial charge on any atom is 0.225 e. The van der Waals surface area contributed by atoms with Gasteiger partial charge in [0.25, 0.3) is 0 Å². The molecule has 1 saturated carbocycles. The van der Waals surface area contributed by atoms with Gasteiger partial charge in [-0.15, -0.1) is 0 Å². The molecule has 2 amide bonds. The van der Waals surface area contributed by atoms with Crippen LogP contribution in [0.1, 0.15) is 65.7 Å². The van der Waals surface area contributed by atoms with Crippen LogP contribution in [-0.2, 0) is 9.59 Å². The van der Waals surface area contributed by atoms with Crippen molar-refractivity contribution >= 4 is 11.8 Å². The average molecular weight is 282 g/mol. The fourth-order valence-electron chi connectivity index (χ4n) is 2.54. The van der Waals surface area contributed by atoms with E-state index >= 15 is 0 Å². The Bertz CT molecular complexity index is 315. The molecule has 0 saturated heterocycles. The number of hydrogen-bond acceptors (Lipinski definition) is 2. The quantitative estimate of drug-likeness (QED) is 0.736. The van der Waals surface area contributed by atoms with Gasteiger partial charge in [0.15, 0.2) is 0 Å². The van der Waals surface area contributed by atoms with Crippen LogP contribution in [0.3, 0.4) is 0 Å². The van der Waals surface area contributed by atoms with E-state index in [1.54, 1.807) is 0 Å². The topological polar surface area (TPSA) is 58.2 Å². The summed E-state index contributed by atoms with van der Waals surface area (Å²) in [5, 5.41) is 5.71. The second-order valence-corrected chi connectivity index (χ2v) is 6.90. The van der Waals surface area contributed by atoms with Gasteiger partial charge in [0.2, 0.25) is 11.8 Å². The highest BCUT2D eigenvalue weighted by molar-refractivity contribution is 5.81. The molecule has 0 radical (unpaired) electrons. The summed E-state index contributed by atoms with van der Waals surface area (Å²) in [6.45, 7) is 6.66. The van der Waals surface area contributed by atoms with Crippen molar-refractivity contribution < 1.29 is 9.59 Å². The molecule has 0 atom stereocenters. The molecule has 0 spiro atoms. The predicted molar refractivity (Wildman–Crippen MR) is 81.3 cm³/mol. The van der Waals surface area contributed by atoms with E-state index < -0.39 is 0 Å². The predicted octanol–water partition coefficient (Wildman–Crippen LogP) is 2.63. The molecule has 0 aromatic carbocycles. The first kappa shape index (κ1) is 17.0. The molecule has 0 aromatic heterocycles. The van der Waals surface area contributed by atoms with Crippen LogP contribution >= 0.6 is 0 Å². The van der Waals surface area contributed by atoms with Crippen LogP contribution in [0.25, 0.3) is 0 Å². The summed E-state index contributed by atoms with van der Waals surface area (Å²) in [6, 6.07) is 0. The van der Waals surface area contributed by atoms with Crippen LogP contribution in [0.5, 0.6) is 0 Å². The lowest BCUT2D eigenvalue weighted by molar-refractivity contribution is -0.128. The van der Waals surface area contributed by atoms with Crippen LogP contribution in [-0.4, -0.2) is 24.9 Å². The van der Waals surface area contributed by atoms with Gasteiger partial charge in [-0.25, -0.2) is 0 Å². The average Bonchev–Trinajstić information content (AvgIpc) is 2.41. The Morgan fingerprint density at radius 3 is 2.20 bits per heavy atom. The van der Waals surface area contributed by atoms with E-state index in [1.165, 1.54) is 32.1 Å². The van der Waals surface area contributed by atoms with Gasteiger partial charge >= 0.3 is 0 Å². The fourth-order valence-corrected chi connectivity index (χ4v) is 2.54. The lowest BCUT2D eigenvalue weighted by Gasteiger charge is -2.21. The van der Waals surface area contributed by atoms with Gasteiger partial charge in [-0.3, -0.25) is 9.59 Å². The van der Waals surface area contributed by atoms with Crippen LogP contribution in [0.15, 0.2) is 0 Å². The zero-order valence-electron chi connectivity index (χ0n) is 13.3. The highest BCUT2D eigenvalue weighted by Crippen LogP contribution is 2.27. The molecule has 0 aliphatic heterocycles. The van der Waals surface area contributed by atoms with Gasteiger partial charge in [-0.1, -0.05) is 52.9 Å². The summed E-state index contributed by atoms with van der Waals surface area (Å²) in [5.41, 5.74) is -0.370. The minimum Gasteiger partial charge on any atom is -0.354 e. The first-order chi connectivity index (χ1) is 9.39. The molecule has 0 heterocycles. The van der Waals surface area contributed by atoms with Crippen molar-refractivity contribution in [1.82, 2.24) is 10.6 Å². The minimum absolute atomic E-state index is 0.0222. The van der Waals surface area contributed by atoms with E-state index in [0.717, 1.165) is 12.3 Å². The van der Waals surface area contributed by atoms with Crippen molar-refractivity contribution in [2.45, 2.75) is 65.7 Å². The summed E-state index contributed by atoms with van der Waals surface area (Å²) in [7, 11) is 0. The molecule has 2 N–H and O–H groups in total. The Morgan fingerprint density at radius 2 is 1.60 bits per heavy atom. The molecular weight excluding hydrogens is 252 g/mol. The first-order valence-corrected chi connectivity index (χ1v) is 7.94. The van der Waals surface area contributed by atoms with Crippen LogP contribution in [0, 0.1) is 11.3 Å². The molecule has 1 aliphatic carbocycles. The van der Waals surface area contributed by atoms with Crippen molar-refractivity contribution in [3.8, 4) is 0 Å². The number of rotatable bonds is 6. The molecule has 0 aromatic rings. The number of amides is 2. The molecule has 1 rings (SSSR count). The third-order valence-corrected chi connectivity index (χ3v) is 3.92. The maximum atomic E-state index is 11.7. The highest BCUT2D eigenvalue weighted by Gasteiger charge is 2.20.